The molecule has 0 aliphatic heterocycles. The van der Waals surface area contributed by atoms with Gasteiger partial charge in [0.15, 0.2) is 0 Å². The van der Waals surface area contributed by atoms with Crippen molar-refractivity contribution in [1.82, 2.24) is 5.32 Å². The van der Waals surface area contributed by atoms with Gasteiger partial charge in [-0.1, -0.05) is 29.3 Å². The van der Waals surface area contributed by atoms with Crippen LogP contribution in [0.25, 0.3) is 0 Å². The minimum atomic E-state index is -0.208. The van der Waals surface area contributed by atoms with Crippen LogP contribution in [-0.4, -0.2) is 17.6 Å². The van der Waals surface area contributed by atoms with E-state index in [0.717, 1.165) is 16.1 Å². The molecule has 4 nitrogen and oxygen atoms in total. The first kappa shape index (κ1) is 19.6. The summed E-state index contributed by atoms with van der Waals surface area (Å²) in [7, 11) is 0. The number of amides is 2. The molecule has 0 heterocycles. The number of hydrogen-bond acceptors (Lipinski definition) is 3. The lowest BCUT2D eigenvalue weighted by Crippen LogP contribution is -2.28. The summed E-state index contributed by atoms with van der Waals surface area (Å²) in [6.07, 6.45) is 0. The van der Waals surface area contributed by atoms with E-state index in [4.69, 9.17) is 23.2 Å². The molecule has 0 aliphatic carbocycles. The third-order valence-corrected chi connectivity index (χ3v) is 4.93. The molecule has 2 aromatic carbocycles. The number of rotatable bonds is 6. The molecule has 1 atom stereocenters. The Morgan fingerprint density at radius 1 is 1.12 bits per heavy atom. The highest BCUT2D eigenvalue weighted by Crippen LogP contribution is 2.26. The lowest BCUT2D eigenvalue weighted by atomic mass is 10.1. The van der Waals surface area contributed by atoms with Gasteiger partial charge in [-0.3, -0.25) is 9.59 Å². The van der Waals surface area contributed by atoms with Crippen molar-refractivity contribution in [3.63, 3.8) is 0 Å². The van der Waals surface area contributed by atoms with E-state index in [1.807, 2.05) is 25.1 Å². The molecule has 0 saturated heterocycles. The van der Waals surface area contributed by atoms with Gasteiger partial charge in [0.2, 0.25) is 11.8 Å². The maximum Gasteiger partial charge on any atom is 0.230 e. The largest absolute Gasteiger partial charge is 0.349 e. The maximum absolute atomic E-state index is 12.1. The van der Waals surface area contributed by atoms with Gasteiger partial charge in [-0.05, 0) is 48.9 Å². The fraction of sp³-hybridized carbons (Fsp3) is 0.222. The molecule has 2 aromatic rings. The molecule has 2 rings (SSSR count). The van der Waals surface area contributed by atoms with Crippen molar-refractivity contribution in [1.29, 1.82) is 0 Å². The highest BCUT2D eigenvalue weighted by atomic mass is 35.5. The van der Waals surface area contributed by atoms with Gasteiger partial charge in [0.05, 0.1) is 11.8 Å². The SMILES string of the molecule is CC(=O)Nc1ccc(SCC(=O)NC(C)c2ccc(Cl)cc2Cl)cc1. The third kappa shape index (κ3) is 6.27. The number of hydrogen-bond donors (Lipinski definition) is 2. The van der Waals surface area contributed by atoms with Crippen LogP contribution in [0.1, 0.15) is 25.5 Å². The summed E-state index contributed by atoms with van der Waals surface area (Å²) in [5.74, 6) is 0.0822. The molecule has 1 unspecified atom stereocenters. The predicted molar refractivity (Wildman–Crippen MR) is 104 cm³/mol. The Hall–Kier alpha value is -1.69. The molecule has 0 spiro atoms. The van der Waals surface area contributed by atoms with Crippen LogP contribution >= 0.6 is 35.0 Å². The second-order valence-electron chi connectivity index (χ2n) is 5.45. The van der Waals surface area contributed by atoms with Crippen LogP contribution in [0.5, 0.6) is 0 Å². The molecule has 2 amide bonds. The number of carbonyl (C=O) groups is 2. The maximum atomic E-state index is 12.1. The van der Waals surface area contributed by atoms with Crippen LogP contribution in [-0.2, 0) is 9.59 Å². The third-order valence-electron chi connectivity index (χ3n) is 3.35. The van der Waals surface area contributed by atoms with E-state index in [1.165, 1.54) is 18.7 Å². The summed E-state index contributed by atoms with van der Waals surface area (Å²) in [6, 6.07) is 12.3. The summed E-state index contributed by atoms with van der Waals surface area (Å²) in [4.78, 5) is 24.1. The fourth-order valence-corrected chi connectivity index (χ4v) is 3.48. The first-order valence-corrected chi connectivity index (χ1v) is 9.34. The van der Waals surface area contributed by atoms with Crippen LogP contribution < -0.4 is 10.6 Å². The van der Waals surface area contributed by atoms with E-state index >= 15 is 0 Å². The molecule has 0 aromatic heterocycles. The quantitative estimate of drug-likeness (QED) is 0.681. The van der Waals surface area contributed by atoms with Crippen molar-refractivity contribution >= 4 is 52.5 Å². The van der Waals surface area contributed by atoms with E-state index in [0.29, 0.717) is 10.0 Å². The normalized spacial score (nSPS) is 11.7. The molecule has 132 valence electrons. The van der Waals surface area contributed by atoms with Crippen molar-refractivity contribution in [2.45, 2.75) is 24.8 Å². The predicted octanol–water partition coefficient (Wildman–Crippen LogP) is 4.92. The van der Waals surface area contributed by atoms with Crippen molar-refractivity contribution < 1.29 is 9.59 Å². The highest BCUT2D eigenvalue weighted by molar-refractivity contribution is 8.00. The van der Waals surface area contributed by atoms with Crippen LogP contribution in [0, 0.1) is 0 Å². The molecule has 7 heteroatoms. The van der Waals surface area contributed by atoms with Gasteiger partial charge < -0.3 is 10.6 Å². The zero-order valence-electron chi connectivity index (χ0n) is 13.8. The van der Waals surface area contributed by atoms with E-state index in [2.05, 4.69) is 10.6 Å². The van der Waals surface area contributed by atoms with E-state index in [9.17, 15) is 9.59 Å². The number of benzene rings is 2. The summed E-state index contributed by atoms with van der Waals surface area (Å²) < 4.78 is 0. The Balaban J connectivity index is 1.86. The van der Waals surface area contributed by atoms with Crippen molar-refractivity contribution in [2.75, 3.05) is 11.1 Å². The number of carbonyl (C=O) groups excluding carboxylic acids is 2. The van der Waals surface area contributed by atoms with Crippen molar-refractivity contribution in [3.8, 4) is 0 Å². The topological polar surface area (TPSA) is 58.2 Å². The Labute approximate surface area is 161 Å². The van der Waals surface area contributed by atoms with Crippen molar-refractivity contribution in [2.24, 2.45) is 0 Å². The number of nitrogens with one attached hydrogen (secondary N) is 2. The molecular formula is C18H18Cl2N2O2S. The van der Waals surface area contributed by atoms with Gasteiger partial charge in [-0.25, -0.2) is 0 Å². The monoisotopic (exact) mass is 396 g/mol. The average Bonchev–Trinajstić information content (AvgIpc) is 2.53. The van der Waals surface area contributed by atoms with Crippen LogP contribution in [0.3, 0.4) is 0 Å². The highest BCUT2D eigenvalue weighted by Gasteiger charge is 2.13. The Morgan fingerprint density at radius 2 is 1.80 bits per heavy atom. The van der Waals surface area contributed by atoms with Crippen LogP contribution in [0.15, 0.2) is 47.4 Å². The fourth-order valence-electron chi connectivity index (χ4n) is 2.20. The van der Waals surface area contributed by atoms with Gasteiger partial charge in [-0.2, -0.15) is 0 Å². The van der Waals surface area contributed by atoms with E-state index in [-0.39, 0.29) is 23.6 Å². The summed E-state index contributed by atoms with van der Waals surface area (Å²) >= 11 is 13.5. The van der Waals surface area contributed by atoms with Crippen LogP contribution in [0.2, 0.25) is 10.0 Å². The molecule has 0 fully saturated rings. The number of anilines is 1. The molecule has 0 aliphatic rings. The average molecular weight is 397 g/mol. The number of thioether (sulfide) groups is 1. The molecular weight excluding hydrogens is 379 g/mol. The van der Waals surface area contributed by atoms with Crippen molar-refractivity contribution in [3.05, 3.63) is 58.1 Å². The van der Waals surface area contributed by atoms with E-state index in [1.54, 1.807) is 24.3 Å². The van der Waals surface area contributed by atoms with Gasteiger partial charge in [0, 0.05) is 27.6 Å². The van der Waals surface area contributed by atoms with Crippen LogP contribution in [0.4, 0.5) is 5.69 Å². The summed E-state index contributed by atoms with van der Waals surface area (Å²) in [6.45, 7) is 3.33. The van der Waals surface area contributed by atoms with E-state index < -0.39 is 0 Å². The molecule has 0 bridgehead atoms. The molecule has 25 heavy (non-hydrogen) atoms. The van der Waals surface area contributed by atoms with Gasteiger partial charge in [0.1, 0.15) is 0 Å². The smallest absolute Gasteiger partial charge is 0.230 e. The first-order chi connectivity index (χ1) is 11.8. The second kappa shape index (κ2) is 9.13. The molecule has 0 saturated carbocycles. The lowest BCUT2D eigenvalue weighted by Gasteiger charge is -2.16. The Bertz CT molecular complexity index is 766. The Kier molecular flexibility index (Phi) is 7.17. The number of halogens is 2. The minimum absolute atomic E-state index is 0.0885. The minimum Gasteiger partial charge on any atom is -0.349 e. The molecule has 2 N–H and O–H groups in total. The first-order valence-electron chi connectivity index (χ1n) is 7.60. The summed E-state index contributed by atoms with van der Waals surface area (Å²) in [5.41, 5.74) is 1.55. The Morgan fingerprint density at radius 3 is 2.40 bits per heavy atom. The standard InChI is InChI=1S/C18H18Cl2N2O2S/c1-11(16-8-3-13(19)9-17(16)20)21-18(24)10-25-15-6-4-14(5-7-15)22-12(2)23/h3-9,11H,10H2,1-2H3,(H,21,24)(H,22,23). The van der Waals surface area contributed by atoms with Gasteiger partial charge in [-0.15, -0.1) is 11.8 Å². The second-order valence-corrected chi connectivity index (χ2v) is 7.34. The zero-order valence-corrected chi connectivity index (χ0v) is 16.1. The van der Waals surface area contributed by atoms with Gasteiger partial charge >= 0.3 is 0 Å². The summed E-state index contributed by atoms with van der Waals surface area (Å²) in [5, 5.41) is 6.71. The van der Waals surface area contributed by atoms with Gasteiger partial charge in [0.25, 0.3) is 0 Å². The molecule has 0 radical (unpaired) electrons. The zero-order chi connectivity index (χ0) is 18.4. The lowest BCUT2D eigenvalue weighted by molar-refractivity contribution is -0.119.